The molecule has 0 saturated heterocycles. The minimum atomic E-state index is 0.795. The summed E-state index contributed by atoms with van der Waals surface area (Å²) in [7, 11) is 1.98. The van der Waals surface area contributed by atoms with Crippen LogP contribution in [-0.2, 0) is 0 Å². The van der Waals surface area contributed by atoms with Gasteiger partial charge in [0.15, 0.2) is 0 Å². The van der Waals surface area contributed by atoms with E-state index in [1.54, 1.807) is 6.20 Å². The van der Waals surface area contributed by atoms with Crippen LogP contribution < -0.4 is 4.90 Å². The Balaban J connectivity index is 2.80. The van der Waals surface area contributed by atoms with Crippen LogP contribution in [0, 0.1) is 6.92 Å². The number of hydrogen-bond donors (Lipinski definition) is 0. The molecule has 1 rings (SSSR count). The molecule has 0 aliphatic heterocycles. The molecule has 0 radical (unpaired) electrons. The molecule has 0 aromatic carbocycles. The van der Waals surface area contributed by atoms with Gasteiger partial charge in [-0.25, -0.2) is 9.97 Å². The van der Waals surface area contributed by atoms with Crippen molar-refractivity contribution in [2.24, 2.45) is 0 Å². The maximum absolute atomic E-state index is 4.26. The van der Waals surface area contributed by atoms with Gasteiger partial charge in [-0.3, -0.25) is 0 Å². The van der Waals surface area contributed by atoms with E-state index in [0.29, 0.717) is 0 Å². The van der Waals surface area contributed by atoms with Crippen molar-refractivity contribution in [1.82, 2.24) is 9.97 Å². The molecule has 3 nitrogen and oxygen atoms in total. The van der Waals surface area contributed by atoms with Crippen LogP contribution in [0.2, 0.25) is 0 Å². The molecular formula is C9H13N3. The van der Waals surface area contributed by atoms with Crippen LogP contribution in [0.1, 0.15) is 5.82 Å². The van der Waals surface area contributed by atoms with Gasteiger partial charge in [0.1, 0.15) is 11.6 Å². The lowest BCUT2D eigenvalue weighted by molar-refractivity contribution is 0.948. The van der Waals surface area contributed by atoms with Crippen molar-refractivity contribution < 1.29 is 0 Å². The maximum atomic E-state index is 4.26. The highest BCUT2D eigenvalue weighted by molar-refractivity contribution is 5.36. The van der Waals surface area contributed by atoms with E-state index in [1.165, 1.54) is 0 Å². The number of rotatable bonds is 3. The van der Waals surface area contributed by atoms with Crippen molar-refractivity contribution in [2.75, 3.05) is 18.5 Å². The molecule has 64 valence electrons. The van der Waals surface area contributed by atoms with Gasteiger partial charge >= 0.3 is 0 Å². The van der Waals surface area contributed by atoms with E-state index in [9.17, 15) is 0 Å². The van der Waals surface area contributed by atoms with Crippen LogP contribution in [0.15, 0.2) is 24.9 Å². The van der Waals surface area contributed by atoms with E-state index in [0.717, 1.165) is 18.2 Å². The normalized spacial score (nSPS) is 9.50. The molecule has 0 N–H and O–H groups in total. The quantitative estimate of drug-likeness (QED) is 0.631. The Morgan fingerprint density at radius 3 is 3.00 bits per heavy atom. The van der Waals surface area contributed by atoms with E-state index in [1.807, 2.05) is 31.0 Å². The molecule has 0 aliphatic carbocycles. The highest BCUT2D eigenvalue weighted by Gasteiger charge is 1.98. The molecule has 1 aromatic rings. The average molecular weight is 163 g/mol. The van der Waals surface area contributed by atoms with Gasteiger partial charge in [-0.15, -0.1) is 6.58 Å². The third kappa shape index (κ3) is 2.05. The summed E-state index contributed by atoms with van der Waals surface area (Å²) in [5.41, 5.74) is 0. The van der Waals surface area contributed by atoms with Crippen LogP contribution in [0.3, 0.4) is 0 Å². The fourth-order valence-corrected chi connectivity index (χ4v) is 0.943. The monoisotopic (exact) mass is 163 g/mol. The molecule has 1 heterocycles. The standard InChI is InChI=1S/C9H13N3/c1-4-7-12(3)9-5-6-10-8(2)11-9/h4-6H,1,7H2,2-3H3. The van der Waals surface area contributed by atoms with Gasteiger partial charge in [0, 0.05) is 19.8 Å². The third-order valence-corrected chi connectivity index (χ3v) is 1.56. The molecule has 3 heteroatoms. The number of aromatic nitrogens is 2. The van der Waals surface area contributed by atoms with Crippen molar-refractivity contribution in [3.05, 3.63) is 30.7 Å². The molecule has 0 amide bonds. The SMILES string of the molecule is C=CCN(C)c1ccnc(C)n1. The molecule has 0 spiro atoms. The maximum Gasteiger partial charge on any atom is 0.132 e. The van der Waals surface area contributed by atoms with Crippen molar-refractivity contribution in [3.63, 3.8) is 0 Å². The van der Waals surface area contributed by atoms with Crippen molar-refractivity contribution in [3.8, 4) is 0 Å². The van der Waals surface area contributed by atoms with E-state index in [-0.39, 0.29) is 0 Å². The average Bonchev–Trinajstić information content (AvgIpc) is 2.05. The summed E-state index contributed by atoms with van der Waals surface area (Å²) in [5, 5.41) is 0. The van der Waals surface area contributed by atoms with Crippen LogP contribution in [-0.4, -0.2) is 23.6 Å². The molecule has 0 saturated carbocycles. The summed E-state index contributed by atoms with van der Waals surface area (Å²) in [4.78, 5) is 10.3. The first-order valence-corrected chi connectivity index (χ1v) is 3.85. The highest BCUT2D eigenvalue weighted by atomic mass is 15.2. The number of aryl methyl sites for hydroxylation is 1. The van der Waals surface area contributed by atoms with Gasteiger partial charge in [-0.05, 0) is 13.0 Å². The van der Waals surface area contributed by atoms with Gasteiger partial charge in [-0.2, -0.15) is 0 Å². The van der Waals surface area contributed by atoms with Gasteiger partial charge < -0.3 is 4.90 Å². The highest BCUT2D eigenvalue weighted by Crippen LogP contribution is 2.06. The number of anilines is 1. The summed E-state index contributed by atoms with van der Waals surface area (Å²) < 4.78 is 0. The Morgan fingerprint density at radius 1 is 1.67 bits per heavy atom. The van der Waals surface area contributed by atoms with E-state index >= 15 is 0 Å². The molecule has 0 aliphatic rings. The Hall–Kier alpha value is -1.38. The number of likely N-dealkylation sites (N-methyl/N-ethyl adjacent to an activating group) is 1. The lowest BCUT2D eigenvalue weighted by atomic mass is 10.4. The zero-order valence-corrected chi connectivity index (χ0v) is 7.49. The van der Waals surface area contributed by atoms with Crippen LogP contribution in [0.4, 0.5) is 5.82 Å². The summed E-state index contributed by atoms with van der Waals surface area (Å²) >= 11 is 0. The predicted octanol–water partition coefficient (Wildman–Crippen LogP) is 1.41. The molecule has 0 unspecified atom stereocenters. The summed E-state index contributed by atoms with van der Waals surface area (Å²) in [6, 6.07) is 1.89. The number of nitrogens with zero attached hydrogens (tertiary/aromatic N) is 3. The predicted molar refractivity (Wildman–Crippen MR) is 50.2 cm³/mol. The van der Waals surface area contributed by atoms with Crippen LogP contribution >= 0.6 is 0 Å². The van der Waals surface area contributed by atoms with Crippen molar-refractivity contribution >= 4 is 5.82 Å². The Morgan fingerprint density at radius 2 is 2.42 bits per heavy atom. The van der Waals surface area contributed by atoms with Crippen LogP contribution in [0.5, 0.6) is 0 Å². The zero-order chi connectivity index (χ0) is 8.97. The lowest BCUT2D eigenvalue weighted by Gasteiger charge is -2.15. The fourth-order valence-electron chi connectivity index (χ4n) is 0.943. The van der Waals surface area contributed by atoms with Crippen molar-refractivity contribution in [2.45, 2.75) is 6.92 Å². The van der Waals surface area contributed by atoms with Gasteiger partial charge in [0.05, 0.1) is 0 Å². The largest absolute Gasteiger partial charge is 0.356 e. The van der Waals surface area contributed by atoms with E-state index in [2.05, 4.69) is 16.5 Å². The first-order valence-electron chi connectivity index (χ1n) is 3.85. The minimum absolute atomic E-state index is 0.795. The van der Waals surface area contributed by atoms with Crippen molar-refractivity contribution in [1.29, 1.82) is 0 Å². The van der Waals surface area contributed by atoms with Gasteiger partial charge in [-0.1, -0.05) is 6.08 Å². The smallest absolute Gasteiger partial charge is 0.132 e. The van der Waals surface area contributed by atoms with Gasteiger partial charge in [0.25, 0.3) is 0 Å². The van der Waals surface area contributed by atoms with E-state index in [4.69, 9.17) is 0 Å². The first-order chi connectivity index (χ1) is 5.74. The Bertz CT molecular complexity index is 270. The Kier molecular flexibility index (Phi) is 2.80. The fraction of sp³-hybridized carbons (Fsp3) is 0.333. The summed E-state index contributed by atoms with van der Waals surface area (Å²) in [6.07, 6.45) is 3.61. The second-order valence-corrected chi connectivity index (χ2v) is 2.63. The summed E-state index contributed by atoms with van der Waals surface area (Å²) in [5.74, 6) is 1.73. The minimum Gasteiger partial charge on any atom is -0.356 e. The molecule has 12 heavy (non-hydrogen) atoms. The van der Waals surface area contributed by atoms with Gasteiger partial charge in [0.2, 0.25) is 0 Å². The van der Waals surface area contributed by atoms with E-state index < -0.39 is 0 Å². The van der Waals surface area contributed by atoms with Crippen LogP contribution in [0.25, 0.3) is 0 Å². The summed E-state index contributed by atoms with van der Waals surface area (Å²) in [6.45, 7) is 6.35. The second kappa shape index (κ2) is 3.85. The molecule has 0 atom stereocenters. The zero-order valence-electron chi connectivity index (χ0n) is 7.49. The lowest BCUT2D eigenvalue weighted by Crippen LogP contribution is -2.18. The second-order valence-electron chi connectivity index (χ2n) is 2.63. The first kappa shape index (κ1) is 8.71. The molecule has 0 fully saturated rings. The Labute approximate surface area is 72.8 Å². The number of hydrogen-bond acceptors (Lipinski definition) is 3. The molecular weight excluding hydrogens is 150 g/mol. The third-order valence-electron chi connectivity index (χ3n) is 1.56. The molecule has 1 aromatic heterocycles. The molecule has 0 bridgehead atoms. The topological polar surface area (TPSA) is 29.0 Å².